The molecule has 0 unspecified atom stereocenters. The van der Waals surface area contributed by atoms with Crippen LogP contribution in [0.25, 0.3) is 16.9 Å². The first-order valence-corrected chi connectivity index (χ1v) is 10.4. The van der Waals surface area contributed by atoms with Gasteiger partial charge in [0.15, 0.2) is 5.65 Å². The molecular formula is C22H20N4O4S. The second-order valence-electron chi connectivity index (χ2n) is 6.92. The van der Waals surface area contributed by atoms with Crippen molar-refractivity contribution in [2.45, 2.75) is 20.0 Å². The minimum Gasteiger partial charge on any atom is -0.495 e. The smallest absolute Gasteiger partial charge is 0.411 e. The normalized spacial score (nSPS) is 11.0. The van der Waals surface area contributed by atoms with Gasteiger partial charge in [-0.1, -0.05) is 6.07 Å². The summed E-state index contributed by atoms with van der Waals surface area (Å²) in [6.07, 6.45) is 2.32. The van der Waals surface area contributed by atoms with Gasteiger partial charge < -0.3 is 9.47 Å². The van der Waals surface area contributed by atoms with E-state index in [4.69, 9.17) is 9.47 Å². The average molecular weight is 436 g/mol. The molecule has 9 heteroatoms. The van der Waals surface area contributed by atoms with Crippen molar-refractivity contribution in [2.75, 3.05) is 12.4 Å². The van der Waals surface area contributed by atoms with Gasteiger partial charge in [0.2, 0.25) is 5.78 Å². The Bertz CT molecular complexity index is 1250. The van der Waals surface area contributed by atoms with E-state index in [0.717, 1.165) is 5.56 Å². The van der Waals surface area contributed by atoms with Gasteiger partial charge in [0.1, 0.15) is 5.75 Å². The molecule has 0 bridgehead atoms. The summed E-state index contributed by atoms with van der Waals surface area (Å²) in [7, 11) is 1.52. The van der Waals surface area contributed by atoms with Gasteiger partial charge in [0.25, 0.3) is 0 Å². The van der Waals surface area contributed by atoms with Gasteiger partial charge in [-0.2, -0.15) is 5.10 Å². The van der Waals surface area contributed by atoms with E-state index in [1.54, 1.807) is 48.8 Å². The summed E-state index contributed by atoms with van der Waals surface area (Å²) in [6.45, 7) is 3.54. The van der Waals surface area contributed by atoms with Crippen LogP contribution in [0.4, 0.5) is 10.5 Å². The van der Waals surface area contributed by atoms with Gasteiger partial charge in [-0.25, -0.2) is 14.3 Å². The topological polar surface area (TPSA) is 94.8 Å². The molecule has 0 saturated heterocycles. The number of benzene rings is 1. The lowest BCUT2D eigenvalue weighted by Gasteiger charge is -2.14. The summed E-state index contributed by atoms with van der Waals surface area (Å²) >= 11 is 1.37. The van der Waals surface area contributed by atoms with E-state index >= 15 is 0 Å². The predicted octanol–water partition coefficient (Wildman–Crippen LogP) is 4.65. The number of hydrogen-bond acceptors (Lipinski definition) is 7. The molecule has 1 N–H and O–H groups in total. The third-order valence-electron chi connectivity index (χ3n) is 4.47. The number of nitrogens with zero attached hydrogens (tertiary/aromatic N) is 3. The van der Waals surface area contributed by atoms with Crippen molar-refractivity contribution in [2.24, 2.45) is 0 Å². The largest absolute Gasteiger partial charge is 0.495 e. The Labute approximate surface area is 182 Å². The molecule has 1 amide bonds. The van der Waals surface area contributed by atoms with Crippen molar-refractivity contribution in [3.05, 3.63) is 64.6 Å². The zero-order valence-corrected chi connectivity index (χ0v) is 18.0. The number of fused-ring (bicyclic) bond motifs is 1. The Balaban J connectivity index is 1.74. The maximum Gasteiger partial charge on any atom is 0.411 e. The zero-order valence-electron chi connectivity index (χ0n) is 17.2. The van der Waals surface area contributed by atoms with E-state index in [1.807, 2.05) is 17.5 Å². The first-order chi connectivity index (χ1) is 15.0. The monoisotopic (exact) mass is 436 g/mol. The Kier molecular flexibility index (Phi) is 5.68. The maximum absolute atomic E-state index is 12.8. The molecule has 158 valence electrons. The van der Waals surface area contributed by atoms with Gasteiger partial charge in [-0.05, 0) is 49.6 Å². The summed E-state index contributed by atoms with van der Waals surface area (Å²) < 4.78 is 12.1. The highest BCUT2D eigenvalue weighted by atomic mass is 32.1. The summed E-state index contributed by atoms with van der Waals surface area (Å²) in [4.78, 5) is 29.9. The van der Waals surface area contributed by atoms with Gasteiger partial charge in [0.05, 0.1) is 41.2 Å². The standard InChI is InChI=1S/C22H20N4O4S/c1-13(2)30-22(28)25-16-11-14(6-7-18(16)29-3)17-8-9-23-21-15(12-24-26(17)21)20(27)19-5-4-10-31-19/h4-13H,1-3H3,(H,25,28). The Morgan fingerprint density at radius 2 is 2.03 bits per heavy atom. The first-order valence-electron chi connectivity index (χ1n) is 9.55. The van der Waals surface area contributed by atoms with E-state index < -0.39 is 6.09 Å². The van der Waals surface area contributed by atoms with Crippen molar-refractivity contribution in [3.8, 4) is 17.0 Å². The third kappa shape index (κ3) is 4.13. The Hall–Kier alpha value is -3.72. The number of carbonyl (C=O) groups excluding carboxylic acids is 2. The average Bonchev–Trinajstić information content (AvgIpc) is 3.42. The zero-order chi connectivity index (χ0) is 22.0. The molecular weight excluding hydrogens is 416 g/mol. The molecule has 0 aliphatic rings. The van der Waals surface area contributed by atoms with Crippen molar-refractivity contribution in [1.82, 2.24) is 14.6 Å². The Morgan fingerprint density at radius 1 is 1.19 bits per heavy atom. The molecule has 0 spiro atoms. The summed E-state index contributed by atoms with van der Waals surface area (Å²) in [6, 6.07) is 10.7. The second kappa shape index (κ2) is 8.57. The number of anilines is 1. The minimum atomic E-state index is -0.576. The number of methoxy groups -OCH3 is 1. The summed E-state index contributed by atoms with van der Waals surface area (Å²) in [5.74, 6) is 0.368. The fourth-order valence-electron chi connectivity index (χ4n) is 3.13. The molecule has 0 radical (unpaired) electrons. The fourth-order valence-corrected chi connectivity index (χ4v) is 3.81. The number of ketones is 1. The van der Waals surface area contributed by atoms with E-state index in [-0.39, 0.29) is 11.9 Å². The number of amides is 1. The van der Waals surface area contributed by atoms with E-state index in [1.165, 1.54) is 24.6 Å². The summed E-state index contributed by atoms with van der Waals surface area (Å²) in [5.41, 5.74) is 2.80. The van der Waals surface area contributed by atoms with Crippen LogP contribution in [0.2, 0.25) is 0 Å². The van der Waals surface area contributed by atoms with E-state index in [2.05, 4.69) is 15.4 Å². The van der Waals surface area contributed by atoms with Crippen LogP contribution in [-0.4, -0.2) is 39.7 Å². The molecule has 4 aromatic rings. The molecule has 0 aliphatic carbocycles. The predicted molar refractivity (Wildman–Crippen MR) is 118 cm³/mol. The van der Waals surface area contributed by atoms with Crippen molar-refractivity contribution in [1.29, 1.82) is 0 Å². The van der Waals surface area contributed by atoms with Gasteiger partial charge in [0, 0.05) is 11.8 Å². The highest BCUT2D eigenvalue weighted by Gasteiger charge is 2.19. The lowest BCUT2D eigenvalue weighted by Crippen LogP contribution is -2.18. The number of ether oxygens (including phenoxy) is 2. The highest BCUT2D eigenvalue weighted by molar-refractivity contribution is 7.12. The lowest BCUT2D eigenvalue weighted by molar-refractivity contribution is 0.104. The molecule has 0 fully saturated rings. The molecule has 31 heavy (non-hydrogen) atoms. The maximum atomic E-state index is 12.8. The van der Waals surface area contributed by atoms with Crippen LogP contribution >= 0.6 is 11.3 Å². The number of rotatable bonds is 6. The number of nitrogens with one attached hydrogen (secondary N) is 1. The van der Waals surface area contributed by atoms with Crippen LogP contribution in [0.15, 0.2) is 54.2 Å². The van der Waals surface area contributed by atoms with E-state index in [9.17, 15) is 9.59 Å². The van der Waals surface area contributed by atoms with Crippen molar-refractivity contribution in [3.63, 3.8) is 0 Å². The number of hydrogen-bond donors (Lipinski definition) is 1. The van der Waals surface area contributed by atoms with Crippen LogP contribution in [-0.2, 0) is 4.74 Å². The van der Waals surface area contributed by atoms with Crippen LogP contribution in [0.5, 0.6) is 5.75 Å². The molecule has 3 heterocycles. The first kappa shape index (κ1) is 20.5. The SMILES string of the molecule is COc1ccc(-c2ccnc3c(C(=O)c4cccs4)cnn23)cc1NC(=O)OC(C)C. The molecule has 0 atom stereocenters. The van der Waals surface area contributed by atoms with Crippen LogP contribution < -0.4 is 10.1 Å². The minimum absolute atomic E-state index is 0.122. The number of thiophene rings is 1. The summed E-state index contributed by atoms with van der Waals surface area (Å²) in [5, 5.41) is 8.96. The van der Waals surface area contributed by atoms with Crippen molar-refractivity contribution >= 4 is 34.5 Å². The fraction of sp³-hybridized carbons (Fsp3) is 0.182. The molecule has 3 aromatic heterocycles. The third-order valence-corrected chi connectivity index (χ3v) is 5.33. The molecule has 0 aliphatic heterocycles. The van der Waals surface area contributed by atoms with Crippen LogP contribution in [0, 0.1) is 0 Å². The molecule has 8 nitrogen and oxygen atoms in total. The lowest BCUT2D eigenvalue weighted by atomic mass is 10.1. The van der Waals surface area contributed by atoms with Gasteiger partial charge >= 0.3 is 6.09 Å². The van der Waals surface area contributed by atoms with Crippen LogP contribution in [0.3, 0.4) is 0 Å². The molecule has 1 aromatic carbocycles. The molecule has 4 rings (SSSR count). The quantitative estimate of drug-likeness (QED) is 0.442. The Morgan fingerprint density at radius 3 is 2.74 bits per heavy atom. The highest BCUT2D eigenvalue weighted by Crippen LogP contribution is 2.31. The van der Waals surface area contributed by atoms with Crippen LogP contribution in [0.1, 0.15) is 29.1 Å². The van der Waals surface area contributed by atoms with E-state index in [0.29, 0.717) is 33.2 Å². The molecule has 0 saturated carbocycles. The second-order valence-corrected chi connectivity index (χ2v) is 7.87. The van der Waals surface area contributed by atoms with Crippen molar-refractivity contribution < 1.29 is 19.1 Å². The number of carbonyl (C=O) groups is 2. The van der Waals surface area contributed by atoms with Gasteiger partial charge in [-0.3, -0.25) is 10.1 Å². The van der Waals surface area contributed by atoms with Gasteiger partial charge in [-0.15, -0.1) is 11.3 Å². The number of aromatic nitrogens is 3.